The Bertz CT molecular complexity index is 331. The van der Waals surface area contributed by atoms with Crippen LogP contribution in [0.5, 0.6) is 0 Å². The van der Waals surface area contributed by atoms with Gasteiger partial charge in [0, 0.05) is 17.9 Å². The van der Waals surface area contributed by atoms with Crippen molar-refractivity contribution in [3.05, 3.63) is 28.2 Å². The van der Waals surface area contributed by atoms with E-state index in [1.807, 2.05) is 5.38 Å². The topological polar surface area (TPSA) is 50.2 Å². The number of carboxylic acids is 1. The number of aromatic nitrogens is 1. The van der Waals surface area contributed by atoms with Crippen LogP contribution in [0.3, 0.4) is 0 Å². The molecule has 14 heavy (non-hydrogen) atoms. The number of rotatable bonds is 5. The maximum atomic E-state index is 10.2. The Hall–Kier alpha value is -1.16. The largest absolute Gasteiger partial charge is 0.478 e. The smallest absolute Gasteiger partial charge is 0.327 e. The van der Waals surface area contributed by atoms with E-state index in [4.69, 9.17) is 5.11 Å². The lowest BCUT2D eigenvalue weighted by atomic mass is 10.3. The van der Waals surface area contributed by atoms with Crippen LogP contribution in [-0.4, -0.2) is 16.1 Å². The summed E-state index contributed by atoms with van der Waals surface area (Å²) in [6.45, 7) is 2.11. The number of aliphatic carboxylic acids is 1. The highest BCUT2D eigenvalue weighted by molar-refractivity contribution is 7.09. The molecule has 0 aliphatic rings. The van der Waals surface area contributed by atoms with Gasteiger partial charge in [-0.2, -0.15) is 0 Å². The molecule has 1 aromatic rings. The SMILES string of the molecule is CCCc1csc(C/C=C/C(=O)O)n1. The Balaban J connectivity index is 2.47. The van der Waals surface area contributed by atoms with Gasteiger partial charge in [0.05, 0.1) is 10.7 Å². The Kier molecular flexibility index (Phi) is 4.32. The molecule has 0 saturated heterocycles. The van der Waals surface area contributed by atoms with Gasteiger partial charge in [0.15, 0.2) is 0 Å². The summed E-state index contributed by atoms with van der Waals surface area (Å²) >= 11 is 1.59. The average molecular weight is 211 g/mol. The molecule has 0 radical (unpaired) electrons. The van der Waals surface area contributed by atoms with Crippen LogP contribution in [-0.2, 0) is 17.6 Å². The number of aryl methyl sites for hydroxylation is 1. The summed E-state index contributed by atoms with van der Waals surface area (Å²) in [5, 5.41) is 11.4. The van der Waals surface area contributed by atoms with Gasteiger partial charge in [-0.3, -0.25) is 0 Å². The predicted molar refractivity (Wildman–Crippen MR) is 56.6 cm³/mol. The molecule has 0 unspecified atom stereocenters. The fraction of sp³-hybridized carbons (Fsp3) is 0.400. The second kappa shape index (κ2) is 5.54. The molecule has 0 saturated carbocycles. The minimum absolute atomic E-state index is 0.612. The van der Waals surface area contributed by atoms with Crippen molar-refractivity contribution in [1.82, 2.24) is 4.98 Å². The Morgan fingerprint density at radius 1 is 1.71 bits per heavy atom. The van der Waals surface area contributed by atoms with Gasteiger partial charge >= 0.3 is 5.97 Å². The van der Waals surface area contributed by atoms with Crippen LogP contribution in [0.15, 0.2) is 17.5 Å². The zero-order valence-corrected chi connectivity index (χ0v) is 8.88. The van der Waals surface area contributed by atoms with Gasteiger partial charge in [0.1, 0.15) is 0 Å². The summed E-state index contributed by atoms with van der Waals surface area (Å²) in [5.41, 5.74) is 1.11. The van der Waals surface area contributed by atoms with Gasteiger partial charge < -0.3 is 5.11 Å². The van der Waals surface area contributed by atoms with Crippen LogP contribution in [0, 0.1) is 0 Å². The van der Waals surface area contributed by atoms with E-state index < -0.39 is 5.97 Å². The summed E-state index contributed by atoms with van der Waals surface area (Å²) < 4.78 is 0. The molecule has 76 valence electrons. The maximum absolute atomic E-state index is 10.2. The van der Waals surface area contributed by atoms with E-state index in [1.165, 1.54) is 0 Å². The number of carboxylic acid groups (broad SMARTS) is 1. The Morgan fingerprint density at radius 3 is 3.14 bits per heavy atom. The number of hydrogen-bond acceptors (Lipinski definition) is 3. The molecule has 1 aromatic heterocycles. The van der Waals surface area contributed by atoms with Gasteiger partial charge in [0.2, 0.25) is 0 Å². The number of thiazole rings is 1. The average Bonchev–Trinajstić information content (AvgIpc) is 2.53. The van der Waals surface area contributed by atoms with Crippen LogP contribution >= 0.6 is 11.3 Å². The van der Waals surface area contributed by atoms with Crippen LogP contribution in [0.25, 0.3) is 0 Å². The second-order valence-electron chi connectivity index (χ2n) is 2.93. The summed E-state index contributed by atoms with van der Waals surface area (Å²) in [6, 6.07) is 0. The minimum Gasteiger partial charge on any atom is -0.478 e. The molecule has 4 heteroatoms. The number of allylic oxidation sites excluding steroid dienone is 1. The highest BCUT2D eigenvalue weighted by Gasteiger charge is 1.99. The zero-order valence-electron chi connectivity index (χ0n) is 8.06. The highest BCUT2D eigenvalue weighted by atomic mass is 32.1. The third-order valence-electron chi connectivity index (χ3n) is 1.66. The van der Waals surface area contributed by atoms with E-state index in [0.29, 0.717) is 6.42 Å². The van der Waals surface area contributed by atoms with E-state index in [2.05, 4.69) is 11.9 Å². The maximum Gasteiger partial charge on any atom is 0.327 e. The molecule has 0 spiro atoms. The molecule has 0 aromatic carbocycles. The van der Waals surface area contributed by atoms with E-state index in [1.54, 1.807) is 17.4 Å². The highest BCUT2D eigenvalue weighted by Crippen LogP contribution is 2.12. The molecule has 0 aliphatic heterocycles. The normalized spacial score (nSPS) is 10.9. The van der Waals surface area contributed by atoms with E-state index >= 15 is 0 Å². The summed E-state index contributed by atoms with van der Waals surface area (Å²) in [7, 11) is 0. The van der Waals surface area contributed by atoms with Crippen LogP contribution < -0.4 is 0 Å². The van der Waals surface area contributed by atoms with Gasteiger partial charge in [-0.25, -0.2) is 9.78 Å². The molecule has 0 fully saturated rings. The van der Waals surface area contributed by atoms with Crippen molar-refractivity contribution in [3.63, 3.8) is 0 Å². The predicted octanol–water partition coefficient (Wildman–Crippen LogP) is 2.28. The first-order chi connectivity index (χ1) is 6.72. The summed E-state index contributed by atoms with van der Waals surface area (Å²) in [4.78, 5) is 14.6. The molecule has 0 bridgehead atoms. The van der Waals surface area contributed by atoms with Crippen molar-refractivity contribution in [3.8, 4) is 0 Å². The van der Waals surface area contributed by atoms with Gasteiger partial charge in [0.25, 0.3) is 0 Å². The molecule has 1 heterocycles. The fourth-order valence-corrected chi connectivity index (χ4v) is 1.88. The van der Waals surface area contributed by atoms with Gasteiger partial charge in [-0.1, -0.05) is 19.4 Å². The van der Waals surface area contributed by atoms with E-state index in [0.717, 1.165) is 29.6 Å². The Labute approximate surface area is 87.1 Å². The molecule has 3 nitrogen and oxygen atoms in total. The molecular formula is C10H13NO2S. The lowest BCUT2D eigenvalue weighted by Gasteiger charge is -1.88. The van der Waals surface area contributed by atoms with Crippen molar-refractivity contribution in [2.45, 2.75) is 26.2 Å². The molecule has 0 aliphatic carbocycles. The molecule has 1 rings (SSSR count). The minimum atomic E-state index is -0.907. The monoisotopic (exact) mass is 211 g/mol. The number of hydrogen-bond donors (Lipinski definition) is 1. The van der Waals surface area contributed by atoms with Gasteiger partial charge in [-0.15, -0.1) is 11.3 Å². The number of carbonyl (C=O) groups is 1. The lowest BCUT2D eigenvalue weighted by Crippen LogP contribution is -1.88. The first kappa shape index (κ1) is 10.9. The zero-order chi connectivity index (χ0) is 10.4. The van der Waals surface area contributed by atoms with Crippen molar-refractivity contribution in [2.24, 2.45) is 0 Å². The molecular weight excluding hydrogens is 198 g/mol. The Morgan fingerprint density at radius 2 is 2.50 bits per heavy atom. The van der Waals surface area contributed by atoms with E-state index in [-0.39, 0.29) is 0 Å². The fourth-order valence-electron chi connectivity index (χ4n) is 1.07. The van der Waals surface area contributed by atoms with Crippen LogP contribution in [0.4, 0.5) is 0 Å². The van der Waals surface area contributed by atoms with Crippen LogP contribution in [0.1, 0.15) is 24.0 Å². The summed E-state index contributed by atoms with van der Waals surface area (Å²) in [6.07, 6.45) is 5.48. The second-order valence-corrected chi connectivity index (χ2v) is 3.87. The molecule has 0 amide bonds. The lowest BCUT2D eigenvalue weighted by molar-refractivity contribution is -0.131. The van der Waals surface area contributed by atoms with Crippen LogP contribution in [0.2, 0.25) is 0 Å². The third kappa shape index (κ3) is 3.70. The van der Waals surface area contributed by atoms with Gasteiger partial charge in [-0.05, 0) is 6.42 Å². The van der Waals surface area contributed by atoms with E-state index in [9.17, 15) is 4.79 Å². The molecule has 0 atom stereocenters. The van der Waals surface area contributed by atoms with Crippen molar-refractivity contribution in [1.29, 1.82) is 0 Å². The first-order valence-corrected chi connectivity index (χ1v) is 5.43. The van der Waals surface area contributed by atoms with Crippen molar-refractivity contribution < 1.29 is 9.90 Å². The first-order valence-electron chi connectivity index (χ1n) is 4.55. The third-order valence-corrected chi connectivity index (χ3v) is 2.58. The van der Waals surface area contributed by atoms with Crippen molar-refractivity contribution >= 4 is 17.3 Å². The quantitative estimate of drug-likeness (QED) is 0.760. The summed E-state index contributed by atoms with van der Waals surface area (Å²) in [5.74, 6) is -0.907. The molecule has 1 N–H and O–H groups in total. The number of nitrogens with zero attached hydrogens (tertiary/aromatic N) is 1. The van der Waals surface area contributed by atoms with Crippen molar-refractivity contribution in [2.75, 3.05) is 0 Å². The standard InChI is InChI=1S/C10H13NO2S/c1-2-4-8-7-14-9(11-8)5-3-6-10(12)13/h3,6-7H,2,4-5H2,1H3,(H,12,13)/b6-3+.